The number of rotatable bonds is 4. The molecular weight excluding hydrogens is 264 g/mol. The molecule has 0 spiro atoms. The summed E-state index contributed by atoms with van der Waals surface area (Å²) in [6.45, 7) is 3.61. The van der Waals surface area contributed by atoms with E-state index in [2.05, 4.69) is 0 Å². The van der Waals surface area contributed by atoms with Gasteiger partial charge in [0.15, 0.2) is 0 Å². The van der Waals surface area contributed by atoms with Crippen LogP contribution in [0.4, 0.5) is 0 Å². The third-order valence-corrected chi connectivity index (χ3v) is 4.03. The minimum Gasteiger partial charge on any atom is -0.497 e. The molecule has 4 nitrogen and oxygen atoms in total. The lowest BCUT2D eigenvalue weighted by Crippen LogP contribution is -2.44. The van der Waals surface area contributed by atoms with E-state index in [1.165, 1.54) is 0 Å². The summed E-state index contributed by atoms with van der Waals surface area (Å²) in [6, 6.07) is 7.80. The zero-order valence-corrected chi connectivity index (χ0v) is 12.8. The molecule has 0 saturated carbocycles. The number of piperidine rings is 1. The Labute approximate surface area is 126 Å². The van der Waals surface area contributed by atoms with Crippen molar-refractivity contribution in [2.75, 3.05) is 20.2 Å². The van der Waals surface area contributed by atoms with Crippen molar-refractivity contribution in [3.8, 4) is 5.75 Å². The Bertz CT molecular complexity index is 511. The number of hydrogen-bond donors (Lipinski definition) is 1. The van der Waals surface area contributed by atoms with Crippen molar-refractivity contribution in [1.29, 1.82) is 0 Å². The lowest BCUT2D eigenvalue weighted by Gasteiger charge is -2.34. The topological polar surface area (TPSA) is 55.6 Å². The van der Waals surface area contributed by atoms with E-state index < -0.39 is 0 Å². The fourth-order valence-electron chi connectivity index (χ4n) is 2.66. The Balaban J connectivity index is 1.98. The van der Waals surface area contributed by atoms with Gasteiger partial charge >= 0.3 is 0 Å². The summed E-state index contributed by atoms with van der Waals surface area (Å²) in [5.74, 6) is 1.26. The van der Waals surface area contributed by atoms with Crippen LogP contribution in [0.1, 0.15) is 25.3 Å². The highest BCUT2D eigenvalue weighted by Crippen LogP contribution is 2.19. The first-order valence-electron chi connectivity index (χ1n) is 7.47. The summed E-state index contributed by atoms with van der Waals surface area (Å²) in [6.07, 6.45) is 5.62. The summed E-state index contributed by atoms with van der Waals surface area (Å²) in [4.78, 5) is 14.2. The van der Waals surface area contributed by atoms with E-state index in [4.69, 9.17) is 10.5 Å². The highest BCUT2D eigenvalue weighted by molar-refractivity contribution is 5.91. The van der Waals surface area contributed by atoms with Gasteiger partial charge in [-0.3, -0.25) is 4.79 Å². The molecule has 0 bridgehead atoms. The number of amides is 1. The number of hydrogen-bond acceptors (Lipinski definition) is 3. The molecule has 1 saturated heterocycles. The van der Waals surface area contributed by atoms with Gasteiger partial charge in [-0.25, -0.2) is 0 Å². The Morgan fingerprint density at radius 2 is 2.33 bits per heavy atom. The molecule has 1 aliphatic rings. The van der Waals surface area contributed by atoms with Crippen LogP contribution in [0.15, 0.2) is 30.3 Å². The second kappa shape index (κ2) is 7.27. The van der Waals surface area contributed by atoms with Crippen molar-refractivity contribution < 1.29 is 9.53 Å². The summed E-state index contributed by atoms with van der Waals surface area (Å²) in [7, 11) is 1.63. The maximum atomic E-state index is 12.3. The zero-order chi connectivity index (χ0) is 15.2. The number of benzene rings is 1. The Morgan fingerprint density at radius 3 is 3.05 bits per heavy atom. The standard InChI is InChI=1S/C17H24N2O2/c1-13(18)15-6-4-10-19(12-15)17(20)9-8-14-5-3-7-16(11-14)21-2/h3,5,7-9,11,13,15H,4,6,10,12,18H2,1-2H3/b9-8+. The minimum absolute atomic E-state index is 0.0585. The highest BCUT2D eigenvalue weighted by atomic mass is 16.5. The molecule has 0 radical (unpaired) electrons. The van der Waals surface area contributed by atoms with Gasteiger partial charge in [-0.2, -0.15) is 0 Å². The number of carbonyl (C=O) groups is 1. The maximum Gasteiger partial charge on any atom is 0.246 e. The molecule has 1 fully saturated rings. The average molecular weight is 288 g/mol. The largest absolute Gasteiger partial charge is 0.497 e. The molecule has 4 heteroatoms. The van der Waals surface area contributed by atoms with Crippen LogP contribution in [-0.2, 0) is 4.79 Å². The SMILES string of the molecule is COc1cccc(/C=C/C(=O)N2CCCC(C(C)N)C2)c1. The summed E-state index contributed by atoms with van der Waals surface area (Å²) < 4.78 is 5.18. The van der Waals surface area contributed by atoms with E-state index in [-0.39, 0.29) is 11.9 Å². The zero-order valence-electron chi connectivity index (χ0n) is 12.8. The average Bonchev–Trinajstić information content (AvgIpc) is 2.53. The van der Waals surface area contributed by atoms with Crippen molar-refractivity contribution in [3.63, 3.8) is 0 Å². The first-order valence-corrected chi connectivity index (χ1v) is 7.47. The van der Waals surface area contributed by atoms with E-state index in [9.17, 15) is 4.79 Å². The van der Waals surface area contributed by atoms with Gasteiger partial charge in [0.05, 0.1) is 7.11 Å². The monoisotopic (exact) mass is 288 g/mol. The normalized spacial score (nSPS) is 20.5. The van der Waals surface area contributed by atoms with Crippen molar-refractivity contribution in [2.45, 2.75) is 25.8 Å². The molecule has 1 amide bonds. The number of methoxy groups -OCH3 is 1. The fourth-order valence-corrected chi connectivity index (χ4v) is 2.66. The van der Waals surface area contributed by atoms with Gasteiger partial charge in [0.1, 0.15) is 5.75 Å². The molecule has 1 aromatic carbocycles. The molecular formula is C17H24N2O2. The van der Waals surface area contributed by atoms with Gasteiger partial charge in [0.2, 0.25) is 5.91 Å². The quantitative estimate of drug-likeness (QED) is 0.865. The van der Waals surface area contributed by atoms with Crippen LogP contribution in [0, 0.1) is 5.92 Å². The number of likely N-dealkylation sites (tertiary alicyclic amines) is 1. The predicted molar refractivity (Wildman–Crippen MR) is 85.0 cm³/mol. The predicted octanol–water partition coefficient (Wildman–Crippen LogP) is 2.29. The molecule has 0 aliphatic carbocycles. The van der Waals surface area contributed by atoms with Gasteiger partial charge in [-0.05, 0) is 49.5 Å². The number of nitrogens with two attached hydrogens (primary N) is 1. The third kappa shape index (κ3) is 4.33. The van der Waals surface area contributed by atoms with Crippen molar-refractivity contribution in [1.82, 2.24) is 4.90 Å². The Hall–Kier alpha value is -1.81. The number of ether oxygens (including phenoxy) is 1. The van der Waals surface area contributed by atoms with Gasteiger partial charge in [-0.15, -0.1) is 0 Å². The first-order chi connectivity index (χ1) is 10.1. The molecule has 1 aromatic rings. The third-order valence-electron chi connectivity index (χ3n) is 4.03. The van der Waals surface area contributed by atoms with Crippen LogP contribution in [-0.4, -0.2) is 37.0 Å². The van der Waals surface area contributed by atoms with Crippen molar-refractivity contribution in [2.24, 2.45) is 11.7 Å². The highest BCUT2D eigenvalue weighted by Gasteiger charge is 2.24. The van der Waals surface area contributed by atoms with Crippen LogP contribution in [0.2, 0.25) is 0 Å². The van der Waals surface area contributed by atoms with Gasteiger partial charge in [-0.1, -0.05) is 12.1 Å². The van der Waals surface area contributed by atoms with E-state index >= 15 is 0 Å². The van der Waals surface area contributed by atoms with E-state index in [0.29, 0.717) is 5.92 Å². The molecule has 1 heterocycles. The lowest BCUT2D eigenvalue weighted by atomic mass is 9.92. The second-order valence-electron chi connectivity index (χ2n) is 5.66. The molecule has 0 aromatic heterocycles. The second-order valence-corrected chi connectivity index (χ2v) is 5.66. The molecule has 114 valence electrons. The molecule has 2 unspecified atom stereocenters. The number of nitrogens with zero attached hydrogens (tertiary/aromatic N) is 1. The van der Waals surface area contributed by atoms with Crippen LogP contribution in [0.5, 0.6) is 5.75 Å². The van der Waals surface area contributed by atoms with Gasteiger partial charge < -0.3 is 15.4 Å². The summed E-state index contributed by atoms with van der Waals surface area (Å²) >= 11 is 0. The molecule has 2 atom stereocenters. The molecule has 21 heavy (non-hydrogen) atoms. The van der Waals surface area contributed by atoms with Gasteiger partial charge in [0, 0.05) is 25.2 Å². The van der Waals surface area contributed by atoms with Gasteiger partial charge in [0.25, 0.3) is 0 Å². The van der Waals surface area contributed by atoms with Crippen molar-refractivity contribution in [3.05, 3.63) is 35.9 Å². The van der Waals surface area contributed by atoms with Crippen LogP contribution in [0.25, 0.3) is 6.08 Å². The molecule has 1 aliphatic heterocycles. The fraction of sp³-hybridized carbons (Fsp3) is 0.471. The molecule has 2 N–H and O–H groups in total. The van der Waals surface area contributed by atoms with Crippen LogP contribution >= 0.6 is 0 Å². The minimum atomic E-state index is 0.0585. The Kier molecular flexibility index (Phi) is 5.39. The van der Waals surface area contributed by atoms with Crippen molar-refractivity contribution >= 4 is 12.0 Å². The van der Waals surface area contributed by atoms with Crippen LogP contribution in [0.3, 0.4) is 0 Å². The Morgan fingerprint density at radius 1 is 1.52 bits per heavy atom. The van der Waals surface area contributed by atoms with Crippen LogP contribution < -0.4 is 10.5 Å². The maximum absolute atomic E-state index is 12.3. The summed E-state index contributed by atoms with van der Waals surface area (Å²) in [5, 5.41) is 0. The van der Waals surface area contributed by atoms with E-state index in [0.717, 1.165) is 37.2 Å². The number of carbonyl (C=O) groups excluding carboxylic acids is 1. The first kappa shape index (κ1) is 15.6. The van der Waals surface area contributed by atoms with E-state index in [1.807, 2.05) is 42.2 Å². The molecule has 2 rings (SSSR count). The van der Waals surface area contributed by atoms with E-state index in [1.54, 1.807) is 13.2 Å². The lowest BCUT2D eigenvalue weighted by molar-refractivity contribution is -0.127. The smallest absolute Gasteiger partial charge is 0.246 e. The summed E-state index contributed by atoms with van der Waals surface area (Å²) in [5.41, 5.74) is 6.92.